The first-order valence-corrected chi connectivity index (χ1v) is 6.92. The van der Waals surface area contributed by atoms with Gasteiger partial charge in [-0.25, -0.2) is 0 Å². The van der Waals surface area contributed by atoms with E-state index in [2.05, 4.69) is 10.5 Å². The lowest BCUT2D eigenvalue weighted by Gasteiger charge is -2.10. The molecule has 1 heterocycles. The van der Waals surface area contributed by atoms with Crippen molar-refractivity contribution >= 4 is 5.91 Å². The number of aromatic nitrogens is 1. The molecule has 6 nitrogen and oxygen atoms in total. The van der Waals surface area contributed by atoms with Crippen LogP contribution in [0.4, 0.5) is 0 Å². The van der Waals surface area contributed by atoms with Crippen LogP contribution in [0, 0.1) is 0 Å². The Bertz CT molecular complexity index is 658. The van der Waals surface area contributed by atoms with E-state index in [1.165, 1.54) is 18.2 Å². The van der Waals surface area contributed by atoms with Gasteiger partial charge in [-0.1, -0.05) is 11.2 Å². The maximum absolute atomic E-state index is 12.2. The Labute approximate surface area is 121 Å². The highest BCUT2D eigenvalue weighted by Crippen LogP contribution is 2.27. The Morgan fingerprint density at radius 2 is 1.95 bits per heavy atom. The van der Waals surface area contributed by atoms with Crippen molar-refractivity contribution in [3.63, 3.8) is 0 Å². The van der Waals surface area contributed by atoms with Gasteiger partial charge in [0, 0.05) is 12.0 Å². The van der Waals surface area contributed by atoms with E-state index in [0.29, 0.717) is 5.69 Å². The molecule has 1 aromatic heterocycles. The number of hydrogen-bond acceptors (Lipinski definition) is 5. The van der Waals surface area contributed by atoms with Crippen molar-refractivity contribution in [1.29, 1.82) is 0 Å². The maximum Gasteiger partial charge on any atom is 0.274 e. The number of fused-ring (bicyclic) bond motifs is 1. The third-order valence-corrected chi connectivity index (χ3v) is 3.72. The SMILES string of the molecule is O=C(NCc1c(O)cccc1O)c1noc2c1CCCC2. The topological polar surface area (TPSA) is 95.6 Å². The van der Waals surface area contributed by atoms with E-state index >= 15 is 0 Å². The Morgan fingerprint density at radius 1 is 1.24 bits per heavy atom. The summed E-state index contributed by atoms with van der Waals surface area (Å²) in [6, 6.07) is 4.45. The molecule has 1 aliphatic rings. The number of hydrogen-bond donors (Lipinski definition) is 3. The number of phenolic OH excluding ortho intramolecular Hbond substituents is 2. The highest BCUT2D eigenvalue weighted by atomic mass is 16.5. The summed E-state index contributed by atoms with van der Waals surface area (Å²) in [5, 5.41) is 25.9. The second-order valence-corrected chi connectivity index (χ2v) is 5.10. The zero-order valence-electron chi connectivity index (χ0n) is 11.4. The fraction of sp³-hybridized carbons (Fsp3) is 0.333. The van der Waals surface area contributed by atoms with Crippen LogP contribution in [0.5, 0.6) is 11.5 Å². The van der Waals surface area contributed by atoms with Crippen LogP contribution < -0.4 is 5.32 Å². The predicted molar refractivity (Wildman–Crippen MR) is 74.1 cm³/mol. The summed E-state index contributed by atoms with van der Waals surface area (Å²) in [6.45, 7) is 0.0268. The van der Waals surface area contributed by atoms with Crippen LogP contribution in [0.15, 0.2) is 22.7 Å². The predicted octanol–water partition coefficient (Wildman–Crippen LogP) is 1.89. The smallest absolute Gasteiger partial charge is 0.274 e. The molecule has 1 aromatic carbocycles. The second-order valence-electron chi connectivity index (χ2n) is 5.10. The first-order chi connectivity index (χ1) is 10.2. The van der Waals surface area contributed by atoms with Crippen molar-refractivity contribution in [3.8, 4) is 11.5 Å². The zero-order chi connectivity index (χ0) is 14.8. The lowest BCUT2D eigenvalue weighted by Crippen LogP contribution is -2.24. The molecule has 0 radical (unpaired) electrons. The average Bonchev–Trinajstić information content (AvgIpc) is 2.90. The molecule has 0 saturated heterocycles. The molecule has 6 heteroatoms. The third-order valence-electron chi connectivity index (χ3n) is 3.72. The molecule has 2 aromatic rings. The summed E-state index contributed by atoms with van der Waals surface area (Å²) in [6.07, 6.45) is 3.68. The molecule has 0 atom stereocenters. The summed E-state index contributed by atoms with van der Waals surface area (Å²) in [7, 11) is 0. The number of amides is 1. The molecule has 0 unspecified atom stereocenters. The van der Waals surface area contributed by atoms with Gasteiger partial charge in [-0.3, -0.25) is 4.79 Å². The standard InChI is InChI=1S/C15H16N2O4/c18-11-5-3-6-12(19)10(11)8-16-15(20)14-9-4-1-2-7-13(9)21-17-14/h3,5-6,18-19H,1-2,4,7-8H2,(H,16,20). The first kappa shape index (κ1) is 13.5. The van der Waals surface area contributed by atoms with E-state index in [0.717, 1.165) is 37.0 Å². The van der Waals surface area contributed by atoms with E-state index in [4.69, 9.17) is 4.52 Å². The Hall–Kier alpha value is -2.50. The quantitative estimate of drug-likeness (QED) is 0.801. The minimum absolute atomic E-state index is 0.0268. The largest absolute Gasteiger partial charge is 0.507 e. The molecule has 110 valence electrons. The van der Waals surface area contributed by atoms with Crippen LogP contribution in [0.2, 0.25) is 0 Å². The van der Waals surface area contributed by atoms with Gasteiger partial charge in [-0.15, -0.1) is 0 Å². The Morgan fingerprint density at radius 3 is 2.71 bits per heavy atom. The number of carbonyl (C=O) groups is 1. The normalized spacial score (nSPS) is 13.7. The van der Waals surface area contributed by atoms with Crippen LogP contribution in [0.1, 0.15) is 40.2 Å². The van der Waals surface area contributed by atoms with Gasteiger partial charge in [0.1, 0.15) is 17.3 Å². The minimum Gasteiger partial charge on any atom is -0.507 e. The van der Waals surface area contributed by atoms with Crippen molar-refractivity contribution < 1.29 is 19.5 Å². The zero-order valence-corrected chi connectivity index (χ0v) is 11.4. The van der Waals surface area contributed by atoms with Crippen LogP contribution in [0.25, 0.3) is 0 Å². The number of nitrogens with zero attached hydrogens (tertiary/aromatic N) is 1. The van der Waals surface area contributed by atoms with Crippen molar-refractivity contribution in [2.24, 2.45) is 0 Å². The lowest BCUT2D eigenvalue weighted by molar-refractivity contribution is 0.0940. The van der Waals surface area contributed by atoms with Crippen LogP contribution in [0.3, 0.4) is 0 Å². The number of rotatable bonds is 3. The second kappa shape index (κ2) is 5.47. The maximum atomic E-state index is 12.2. The molecular formula is C15H16N2O4. The number of nitrogens with one attached hydrogen (secondary N) is 1. The van der Waals surface area contributed by atoms with Crippen LogP contribution in [-0.4, -0.2) is 21.3 Å². The fourth-order valence-corrected chi connectivity index (χ4v) is 2.56. The molecule has 1 aliphatic carbocycles. The van der Waals surface area contributed by atoms with Gasteiger partial charge < -0.3 is 20.1 Å². The fourth-order valence-electron chi connectivity index (χ4n) is 2.56. The molecule has 21 heavy (non-hydrogen) atoms. The molecule has 0 bridgehead atoms. The molecule has 0 fully saturated rings. The van der Waals surface area contributed by atoms with Crippen molar-refractivity contribution in [2.45, 2.75) is 32.2 Å². The molecule has 1 amide bonds. The summed E-state index contributed by atoms with van der Waals surface area (Å²) < 4.78 is 5.20. The van der Waals surface area contributed by atoms with E-state index in [1.54, 1.807) is 0 Å². The Kier molecular flexibility index (Phi) is 3.51. The summed E-state index contributed by atoms with van der Waals surface area (Å²) in [5.74, 6) is 0.316. The molecular weight excluding hydrogens is 272 g/mol. The van der Waals surface area contributed by atoms with E-state index in [-0.39, 0.29) is 29.5 Å². The lowest BCUT2D eigenvalue weighted by atomic mass is 9.96. The first-order valence-electron chi connectivity index (χ1n) is 6.92. The van der Waals surface area contributed by atoms with E-state index < -0.39 is 0 Å². The van der Waals surface area contributed by atoms with E-state index in [1.807, 2.05) is 0 Å². The van der Waals surface area contributed by atoms with Crippen LogP contribution >= 0.6 is 0 Å². The number of phenols is 2. The minimum atomic E-state index is -0.357. The highest BCUT2D eigenvalue weighted by molar-refractivity contribution is 5.93. The van der Waals surface area contributed by atoms with Gasteiger partial charge in [-0.2, -0.15) is 0 Å². The van der Waals surface area contributed by atoms with E-state index in [9.17, 15) is 15.0 Å². The molecule has 0 spiro atoms. The van der Waals surface area contributed by atoms with Crippen LogP contribution in [-0.2, 0) is 19.4 Å². The molecule has 0 aliphatic heterocycles. The molecule has 0 saturated carbocycles. The highest BCUT2D eigenvalue weighted by Gasteiger charge is 2.24. The van der Waals surface area contributed by atoms with Crippen molar-refractivity contribution in [1.82, 2.24) is 10.5 Å². The van der Waals surface area contributed by atoms with Crippen molar-refractivity contribution in [2.75, 3.05) is 0 Å². The van der Waals surface area contributed by atoms with Crippen molar-refractivity contribution in [3.05, 3.63) is 40.8 Å². The number of aromatic hydroxyl groups is 2. The number of carbonyl (C=O) groups excluding carboxylic acids is 1. The summed E-state index contributed by atoms with van der Waals surface area (Å²) in [5.41, 5.74) is 1.46. The van der Waals surface area contributed by atoms with Gasteiger partial charge in [0.25, 0.3) is 5.91 Å². The van der Waals surface area contributed by atoms with Gasteiger partial charge in [-0.05, 0) is 31.4 Å². The molecule has 3 rings (SSSR count). The Balaban J connectivity index is 1.74. The molecule has 3 N–H and O–H groups in total. The monoisotopic (exact) mass is 288 g/mol. The number of benzene rings is 1. The van der Waals surface area contributed by atoms with Gasteiger partial charge in [0.2, 0.25) is 0 Å². The average molecular weight is 288 g/mol. The van der Waals surface area contributed by atoms with Gasteiger partial charge in [0.15, 0.2) is 5.69 Å². The van der Waals surface area contributed by atoms with Gasteiger partial charge in [0.05, 0.1) is 12.1 Å². The third kappa shape index (κ3) is 2.56. The summed E-state index contributed by atoms with van der Waals surface area (Å²) in [4.78, 5) is 12.2. The van der Waals surface area contributed by atoms with Gasteiger partial charge >= 0.3 is 0 Å². The number of aryl methyl sites for hydroxylation is 1. The summed E-state index contributed by atoms with van der Waals surface area (Å²) >= 11 is 0.